The Morgan fingerprint density at radius 1 is 0.960 bits per heavy atom. The number of benzene rings is 2. The molecule has 2 aromatic carbocycles. The summed E-state index contributed by atoms with van der Waals surface area (Å²) in [5.41, 5.74) is 8.41. The lowest BCUT2D eigenvalue weighted by Gasteiger charge is -2.16. The lowest BCUT2D eigenvalue weighted by Crippen LogP contribution is -2.48. The fourth-order valence-electron chi connectivity index (χ4n) is 2.37. The van der Waals surface area contributed by atoms with Gasteiger partial charge in [-0.3, -0.25) is 14.4 Å². The van der Waals surface area contributed by atoms with E-state index in [2.05, 4.69) is 10.6 Å². The van der Waals surface area contributed by atoms with E-state index in [9.17, 15) is 14.4 Å². The van der Waals surface area contributed by atoms with Gasteiger partial charge in [-0.2, -0.15) is 0 Å². The standard InChI is InChI=1S/C19H21N3O3/c1-13(23)21-12-18(24)22-17(19(20)25)11-14-7-9-16(10-8-14)15-5-3-2-4-6-15/h2-10,17H,11-12H2,1H3,(H2,20,25)(H,21,23)(H,22,24)/t17-/m1/s1. The first kappa shape index (κ1) is 18.2. The van der Waals surface area contributed by atoms with Gasteiger partial charge in [0.15, 0.2) is 0 Å². The summed E-state index contributed by atoms with van der Waals surface area (Å²) in [6.45, 7) is 1.12. The number of hydrogen-bond donors (Lipinski definition) is 3. The summed E-state index contributed by atoms with van der Waals surface area (Å²) in [6.07, 6.45) is 0.288. The van der Waals surface area contributed by atoms with Crippen LogP contribution in [0.2, 0.25) is 0 Å². The Balaban J connectivity index is 2.01. The maximum absolute atomic E-state index is 11.8. The molecule has 0 bridgehead atoms. The van der Waals surface area contributed by atoms with Gasteiger partial charge in [0.1, 0.15) is 6.04 Å². The molecule has 4 N–H and O–H groups in total. The highest BCUT2D eigenvalue weighted by molar-refractivity contribution is 5.89. The van der Waals surface area contributed by atoms with Crippen molar-refractivity contribution >= 4 is 17.7 Å². The van der Waals surface area contributed by atoms with Crippen molar-refractivity contribution in [3.63, 3.8) is 0 Å². The molecular formula is C19H21N3O3. The fourth-order valence-corrected chi connectivity index (χ4v) is 2.37. The SMILES string of the molecule is CC(=O)NCC(=O)N[C@H](Cc1ccc(-c2ccccc2)cc1)C(N)=O. The van der Waals surface area contributed by atoms with Crippen LogP contribution >= 0.6 is 0 Å². The third-order valence-electron chi connectivity index (χ3n) is 3.68. The van der Waals surface area contributed by atoms with Crippen molar-refractivity contribution < 1.29 is 14.4 Å². The van der Waals surface area contributed by atoms with Crippen molar-refractivity contribution in [2.75, 3.05) is 6.54 Å². The zero-order chi connectivity index (χ0) is 18.2. The van der Waals surface area contributed by atoms with Crippen LogP contribution in [0.1, 0.15) is 12.5 Å². The number of hydrogen-bond acceptors (Lipinski definition) is 3. The minimum absolute atomic E-state index is 0.188. The summed E-state index contributed by atoms with van der Waals surface area (Å²) in [4.78, 5) is 34.2. The zero-order valence-corrected chi connectivity index (χ0v) is 14.0. The molecule has 0 aliphatic carbocycles. The highest BCUT2D eigenvalue weighted by Crippen LogP contribution is 2.19. The summed E-state index contributed by atoms with van der Waals surface area (Å²) >= 11 is 0. The van der Waals surface area contributed by atoms with Crippen LogP contribution in [-0.2, 0) is 20.8 Å². The van der Waals surface area contributed by atoms with Crippen molar-refractivity contribution in [2.45, 2.75) is 19.4 Å². The van der Waals surface area contributed by atoms with E-state index in [1.807, 2.05) is 54.6 Å². The highest BCUT2D eigenvalue weighted by Gasteiger charge is 2.18. The predicted octanol–water partition coefficient (Wildman–Crippen LogP) is 1.00. The maximum atomic E-state index is 11.8. The average Bonchev–Trinajstić information content (AvgIpc) is 2.60. The summed E-state index contributed by atoms with van der Waals surface area (Å²) < 4.78 is 0. The van der Waals surface area contributed by atoms with E-state index in [4.69, 9.17) is 5.73 Å². The van der Waals surface area contributed by atoms with Crippen molar-refractivity contribution in [3.05, 3.63) is 60.2 Å². The molecule has 0 spiro atoms. The third kappa shape index (κ3) is 5.76. The molecule has 0 fully saturated rings. The quantitative estimate of drug-likeness (QED) is 0.701. The van der Waals surface area contributed by atoms with E-state index < -0.39 is 17.9 Å². The molecule has 2 rings (SSSR count). The highest BCUT2D eigenvalue weighted by atomic mass is 16.2. The van der Waals surface area contributed by atoms with Crippen molar-refractivity contribution in [1.82, 2.24) is 10.6 Å². The van der Waals surface area contributed by atoms with Crippen molar-refractivity contribution in [2.24, 2.45) is 5.73 Å². The number of carbonyl (C=O) groups is 3. The van der Waals surface area contributed by atoms with E-state index in [1.54, 1.807) is 0 Å². The minimum Gasteiger partial charge on any atom is -0.368 e. The van der Waals surface area contributed by atoms with Crippen LogP contribution in [0.5, 0.6) is 0 Å². The van der Waals surface area contributed by atoms with Crippen LogP contribution in [0.3, 0.4) is 0 Å². The van der Waals surface area contributed by atoms with E-state index in [-0.39, 0.29) is 18.9 Å². The van der Waals surface area contributed by atoms with Crippen LogP contribution in [0.4, 0.5) is 0 Å². The van der Waals surface area contributed by atoms with Gasteiger partial charge in [0.2, 0.25) is 17.7 Å². The summed E-state index contributed by atoms with van der Waals surface area (Å²) in [7, 11) is 0. The average molecular weight is 339 g/mol. The number of amides is 3. The van der Waals surface area contributed by atoms with Crippen LogP contribution in [0.25, 0.3) is 11.1 Å². The molecule has 2 aromatic rings. The molecule has 0 aliphatic heterocycles. The number of nitrogens with two attached hydrogens (primary N) is 1. The van der Waals surface area contributed by atoms with Gasteiger partial charge in [-0.05, 0) is 16.7 Å². The predicted molar refractivity (Wildman–Crippen MR) is 95.4 cm³/mol. The number of nitrogens with one attached hydrogen (secondary N) is 2. The largest absolute Gasteiger partial charge is 0.368 e. The first-order valence-electron chi connectivity index (χ1n) is 7.93. The second kappa shape index (κ2) is 8.63. The van der Waals surface area contributed by atoms with Gasteiger partial charge < -0.3 is 16.4 Å². The van der Waals surface area contributed by atoms with Gasteiger partial charge in [0.05, 0.1) is 6.54 Å². The molecule has 0 aliphatic rings. The minimum atomic E-state index is -0.830. The van der Waals surface area contributed by atoms with Crippen LogP contribution in [0.15, 0.2) is 54.6 Å². The molecule has 0 unspecified atom stereocenters. The van der Waals surface area contributed by atoms with Crippen molar-refractivity contribution in [1.29, 1.82) is 0 Å². The molecule has 0 aromatic heterocycles. The normalized spacial score (nSPS) is 11.4. The first-order chi connectivity index (χ1) is 12.0. The molecule has 130 valence electrons. The van der Waals surface area contributed by atoms with Gasteiger partial charge in [-0.15, -0.1) is 0 Å². The maximum Gasteiger partial charge on any atom is 0.240 e. The monoisotopic (exact) mass is 339 g/mol. The summed E-state index contributed by atoms with van der Waals surface area (Å²) in [5, 5.41) is 4.91. The lowest BCUT2D eigenvalue weighted by molar-refractivity contribution is -0.128. The first-order valence-corrected chi connectivity index (χ1v) is 7.93. The van der Waals surface area contributed by atoms with Gasteiger partial charge in [-0.25, -0.2) is 0 Å². The molecule has 6 heteroatoms. The second-order valence-corrected chi connectivity index (χ2v) is 5.70. The molecule has 0 saturated heterocycles. The Labute approximate surface area is 146 Å². The number of rotatable bonds is 7. The molecule has 0 saturated carbocycles. The van der Waals surface area contributed by atoms with Crippen LogP contribution in [0, 0.1) is 0 Å². The van der Waals surface area contributed by atoms with Crippen LogP contribution < -0.4 is 16.4 Å². The Bertz CT molecular complexity index is 742. The fraction of sp³-hybridized carbons (Fsp3) is 0.211. The molecule has 25 heavy (non-hydrogen) atoms. The van der Waals surface area contributed by atoms with Gasteiger partial charge in [0.25, 0.3) is 0 Å². The van der Waals surface area contributed by atoms with E-state index >= 15 is 0 Å². The molecule has 0 heterocycles. The third-order valence-corrected chi connectivity index (χ3v) is 3.68. The smallest absolute Gasteiger partial charge is 0.240 e. The topological polar surface area (TPSA) is 101 Å². The number of primary amides is 1. The second-order valence-electron chi connectivity index (χ2n) is 5.70. The summed E-state index contributed by atoms with van der Waals surface area (Å²) in [5.74, 6) is -1.40. The molecular weight excluding hydrogens is 318 g/mol. The lowest BCUT2D eigenvalue weighted by atomic mass is 10.0. The van der Waals surface area contributed by atoms with E-state index in [1.165, 1.54) is 6.92 Å². The Morgan fingerprint density at radius 3 is 2.12 bits per heavy atom. The van der Waals surface area contributed by atoms with Gasteiger partial charge in [-0.1, -0.05) is 54.6 Å². The Hall–Kier alpha value is -3.15. The molecule has 1 atom stereocenters. The Kier molecular flexibility index (Phi) is 6.28. The molecule has 6 nitrogen and oxygen atoms in total. The van der Waals surface area contributed by atoms with E-state index in [0.717, 1.165) is 16.7 Å². The zero-order valence-electron chi connectivity index (χ0n) is 14.0. The van der Waals surface area contributed by atoms with Gasteiger partial charge in [0, 0.05) is 13.3 Å². The van der Waals surface area contributed by atoms with Crippen molar-refractivity contribution in [3.8, 4) is 11.1 Å². The summed E-state index contributed by atoms with van der Waals surface area (Å²) in [6, 6.07) is 16.8. The number of carbonyl (C=O) groups excluding carboxylic acids is 3. The molecule has 3 amide bonds. The molecule has 0 radical (unpaired) electrons. The van der Waals surface area contributed by atoms with Crippen LogP contribution in [-0.4, -0.2) is 30.3 Å². The Morgan fingerprint density at radius 2 is 1.56 bits per heavy atom. The van der Waals surface area contributed by atoms with E-state index in [0.29, 0.717) is 0 Å². The van der Waals surface area contributed by atoms with Gasteiger partial charge >= 0.3 is 0 Å².